The van der Waals surface area contributed by atoms with E-state index in [0.717, 1.165) is 30.1 Å². The van der Waals surface area contributed by atoms with E-state index in [2.05, 4.69) is 4.90 Å². The average Bonchev–Trinajstić information content (AvgIpc) is 2.66. The summed E-state index contributed by atoms with van der Waals surface area (Å²) in [5.41, 5.74) is 1.83. The molecule has 1 fully saturated rings. The Hall–Kier alpha value is -2.76. The predicted octanol–water partition coefficient (Wildman–Crippen LogP) is 3.29. The van der Waals surface area contributed by atoms with Crippen LogP contribution in [0, 0.1) is 5.82 Å². The van der Waals surface area contributed by atoms with Crippen LogP contribution >= 0.6 is 0 Å². The Labute approximate surface area is 146 Å². The van der Waals surface area contributed by atoms with Crippen LogP contribution in [0.3, 0.4) is 0 Å². The fourth-order valence-electron chi connectivity index (χ4n) is 2.84. The molecule has 1 saturated heterocycles. The van der Waals surface area contributed by atoms with Crippen LogP contribution in [0.5, 0.6) is 5.75 Å². The minimum atomic E-state index is -0.285. The van der Waals surface area contributed by atoms with E-state index in [1.165, 1.54) is 19.2 Å². The van der Waals surface area contributed by atoms with Crippen molar-refractivity contribution in [3.05, 3.63) is 59.9 Å². The Kier molecular flexibility index (Phi) is 5.38. The summed E-state index contributed by atoms with van der Waals surface area (Å²) in [4.78, 5) is 15.4. The fourth-order valence-corrected chi connectivity index (χ4v) is 2.84. The van der Waals surface area contributed by atoms with Gasteiger partial charge in [-0.15, -0.1) is 0 Å². The molecule has 3 rings (SSSR count). The summed E-state index contributed by atoms with van der Waals surface area (Å²) in [6.07, 6.45) is -0.285. The van der Waals surface area contributed by atoms with Crippen molar-refractivity contribution in [2.45, 2.75) is 6.61 Å². The molecule has 2 aromatic carbocycles. The lowest BCUT2D eigenvalue weighted by Gasteiger charge is -2.35. The lowest BCUT2D eigenvalue weighted by atomic mass is 10.2. The minimum Gasteiger partial charge on any atom is -0.489 e. The SMILES string of the molecule is COC(=O)N1CCN(c2cccc(OCc3cccc(F)c3)c2)CC1. The Bertz CT molecular complexity index is 730. The highest BCUT2D eigenvalue weighted by Crippen LogP contribution is 2.23. The van der Waals surface area contributed by atoms with Crippen molar-refractivity contribution in [1.82, 2.24) is 4.90 Å². The number of hydrogen-bond donors (Lipinski definition) is 0. The summed E-state index contributed by atoms with van der Waals surface area (Å²) in [6, 6.07) is 14.2. The second kappa shape index (κ2) is 7.88. The maximum atomic E-state index is 13.2. The van der Waals surface area contributed by atoms with Gasteiger partial charge in [0.25, 0.3) is 0 Å². The molecule has 0 aromatic heterocycles. The molecule has 1 aliphatic heterocycles. The first-order valence-corrected chi connectivity index (χ1v) is 8.21. The number of anilines is 1. The summed E-state index contributed by atoms with van der Waals surface area (Å²) < 4.78 is 23.7. The summed E-state index contributed by atoms with van der Waals surface area (Å²) >= 11 is 0. The molecule has 2 aromatic rings. The second-order valence-electron chi connectivity index (χ2n) is 5.86. The molecular weight excluding hydrogens is 323 g/mol. The van der Waals surface area contributed by atoms with E-state index in [-0.39, 0.29) is 11.9 Å². The second-order valence-corrected chi connectivity index (χ2v) is 5.86. The Balaban J connectivity index is 1.59. The van der Waals surface area contributed by atoms with Gasteiger partial charge in [0.15, 0.2) is 0 Å². The topological polar surface area (TPSA) is 42.0 Å². The summed E-state index contributed by atoms with van der Waals surface area (Å²) in [7, 11) is 1.40. The summed E-state index contributed by atoms with van der Waals surface area (Å²) in [5.74, 6) is 0.468. The molecule has 1 aliphatic rings. The van der Waals surface area contributed by atoms with Gasteiger partial charge in [0.05, 0.1) is 7.11 Å². The van der Waals surface area contributed by atoms with Crippen molar-refractivity contribution in [3.8, 4) is 5.75 Å². The highest BCUT2D eigenvalue weighted by Gasteiger charge is 2.21. The van der Waals surface area contributed by atoms with Crippen molar-refractivity contribution in [2.24, 2.45) is 0 Å². The van der Waals surface area contributed by atoms with E-state index in [1.54, 1.807) is 11.0 Å². The summed E-state index contributed by atoms with van der Waals surface area (Å²) in [5, 5.41) is 0. The van der Waals surface area contributed by atoms with Gasteiger partial charge >= 0.3 is 6.09 Å². The number of ether oxygens (including phenoxy) is 2. The fraction of sp³-hybridized carbons (Fsp3) is 0.316. The monoisotopic (exact) mass is 344 g/mol. The van der Waals surface area contributed by atoms with Gasteiger partial charge in [0, 0.05) is 37.9 Å². The lowest BCUT2D eigenvalue weighted by Crippen LogP contribution is -2.48. The van der Waals surface area contributed by atoms with Crippen molar-refractivity contribution in [3.63, 3.8) is 0 Å². The van der Waals surface area contributed by atoms with E-state index in [9.17, 15) is 9.18 Å². The molecule has 0 N–H and O–H groups in total. The highest BCUT2D eigenvalue weighted by molar-refractivity contribution is 5.68. The standard InChI is InChI=1S/C19H21FN2O3/c1-24-19(23)22-10-8-21(9-11-22)17-6-3-7-18(13-17)25-14-15-4-2-5-16(20)12-15/h2-7,12-13H,8-11,14H2,1H3. The zero-order valence-corrected chi connectivity index (χ0v) is 14.2. The molecule has 0 bridgehead atoms. The third-order valence-electron chi connectivity index (χ3n) is 4.19. The number of carbonyl (C=O) groups is 1. The zero-order valence-electron chi connectivity index (χ0n) is 14.2. The van der Waals surface area contributed by atoms with Gasteiger partial charge in [-0.2, -0.15) is 0 Å². The number of carbonyl (C=O) groups excluding carboxylic acids is 1. The van der Waals surface area contributed by atoms with Gasteiger partial charge in [-0.05, 0) is 29.8 Å². The molecule has 6 heteroatoms. The third kappa shape index (κ3) is 4.41. The first-order valence-electron chi connectivity index (χ1n) is 8.21. The molecular formula is C19H21FN2O3. The number of piperazine rings is 1. The van der Waals surface area contributed by atoms with Gasteiger partial charge in [0.1, 0.15) is 18.2 Å². The highest BCUT2D eigenvalue weighted by atomic mass is 19.1. The third-order valence-corrected chi connectivity index (χ3v) is 4.19. The molecule has 0 saturated carbocycles. The molecule has 0 unspecified atom stereocenters. The maximum absolute atomic E-state index is 13.2. The number of halogens is 1. The van der Waals surface area contributed by atoms with Crippen LogP contribution in [0.1, 0.15) is 5.56 Å². The lowest BCUT2D eigenvalue weighted by molar-refractivity contribution is 0.121. The van der Waals surface area contributed by atoms with Gasteiger partial charge in [0.2, 0.25) is 0 Å². The molecule has 132 valence electrons. The van der Waals surface area contributed by atoms with E-state index in [0.29, 0.717) is 19.7 Å². The van der Waals surface area contributed by atoms with Crippen LogP contribution < -0.4 is 9.64 Å². The average molecular weight is 344 g/mol. The van der Waals surface area contributed by atoms with Gasteiger partial charge in [-0.25, -0.2) is 9.18 Å². The number of hydrogen-bond acceptors (Lipinski definition) is 4. The van der Waals surface area contributed by atoms with Crippen LogP contribution in [0.25, 0.3) is 0 Å². The first-order chi connectivity index (χ1) is 12.2. The Morgan fingerprint density at radius 1 is 1.08 bits per heavy atom. The van der Waals surface area contributed by atoms with Gasteiger partial charge in [-0.3, -0.25) is 0 Å². The van der Waals surface area contributed by atoms with E-state index in [4.69, 9.17) is 9.47 Å². The van der Waals surface area contributed by atoms with Crippen LogP contribution in [-0.2, 0) is 11.3 Å². The number of nitrogens with zero attached hydrogens (tertiary/aromatic N) is 2. The van der Waals surface area contributed by atoms with Crippen LogP contribution in [0.4, 0.5) is 14.9 Å². The Morgan fingerprint density at radius 2 is 1.84 bits per heavy atom. The quantitative estimate of drug-likeness (QED) is 0.853. The van der Waals surface area contributed by atoms with Crippen molar-refractivity contribution in [2.75, 3.05) is 38.2 Å². The number of methoxy groups -OCH3 is 1. The number of rotatable bonds is 4. The maximum Gasteiger partial charge on any atom is 0.409 e. The van der Waals surface area contributed by atoms with Crippen LogP contribution in [0.2, 0.25) is 0 Å². The smallest absolute Gasteiger partial charge is 0.409 e. The number of amides is 1. The zero-order chi connectivity index (χ0) is 17.6. The van der Waals surface area contributed by atoms with E-state index >= 15 is 0 Å². The van der Waals surface area contributed by atoms with Crippen LogP contribution in [0.15, 0.2) is 48.5 Å². The molecule has 1 amide bonds. The summed E-state index contributed by atoms with van der Waals surface area (Å²) in [6.45, 7) is 3.05. The Morgan fingerprint density at radius 3 is 2.56 bits per heavy atom. The normalized spacial score (nSPS) is 14.3. The largest absolute Gasteiger partial charge is 0.489 e. The van der Waals surface area contributed by atoms with Gasteiger partial charge < -0.3 is 19.3 Å². The van der Waals surface area contributed by atoms with Crippen molar-refractivity contribution < 1.29 is 18.7 Å². The molecule has 5 nitrogen and oxygen atoms in total. The first kappa shape index (κ1) is 17.1. The molecule has 0 aliphatic carbocycles. The predicted molar refractivity (Wildman–Crippen MR) is 93.4 cm³/mol. The molecule has 0 spiro atoms. The minimum absolute atomic E-state index is 0.265. The van der Waals surface area contributed by atoms with Crippen molar-refractivity contribution in [1.29, 1.82) is 0 Å². The van der Waals surface area contributed by atoms with Crippen molar-refractivity contribution >= 4 is 11.8 Å². The molecule has 25 heavy (non-hydrogen) atoms. The molecule has 1 heterocycles. The van der Waals surface area contributed by atoms with E-state index < -0.39 is 0 Å². The number of benzene rings is 2. The molecule has 0 atom stereocenters. The molecule has 0 radical (unpaired) electrons. The van der Waals surface area contributed by atoms with Crippen LogP contribution in [-0.4, -0.2) is 44.3 Å². The van der Waals surface area contributed by atoms with E-state index in [1.807, 2.05) is 30.3 Å². The van der Waals surface area contributed by atoms with Gasteiger partial charge in [-0.1, -0.05) is 18.2 Å².